The number of hydrogen-bond acceptors (Lipinski definition) is 3. The van der Waals surface area contributed by atoms with Crippen molar-refractivity contribution in [3.8, 4) is 11.4 Å². The lowest BCUT2D eigenvalue weighted by molar-refractivity contribution is -0.121. The molecule has 1 atom stereocenters. The van der Waals surface area contributed by atoms with E-state index in [1.807, 2.05) is 36.5 Å². The lowest BCUT2D eigenvalue weighted by Crippen LogP contribution is -2.30. The van der Waals surface area contributed by atoms with Crippen LogP contribution in [-0.4, -0.2) is 15.5 Å². The Morgan fingerprint density at radius 1 is 1.42 bits per heavy atom. The van der Waals surface area contributed by atoms with Crippen LogP contribution in [0.15, 0.2) is 42.7 Å². The molecule has 0 bridgehead atoms. The van der Waals surface area contributed by atoms with Crippen LogP contribution in [-0.2, 0) is 4.79 Å². The molecule has 0 spiro atoms. The van der Waals surface area contributed by atoms with Crippen molar-refractivity contribution in [3.63, 3.8) is 0 Å². The predicted octanol–water partition coefficient (Wildman–Crippen LogP) is 1.88. The van der Waals surface area contributed by atoms with Gasteiger partial charge in [-0.15, -0.1) is 0 Å². The summed E-state index contributed by atoms with van der Waals surface area (Å²) in [6.45, 7) is 2.07. The van der Waals surface area contributed by atoms with Crippen LogP contribution in [0.2, 0.25) is 0 Å². The zero-order valence-electron chi connectivity index (χ0n) is 10.9. The number of hydrogen-bond donors (Lipinski definition) is 2. The summed E-state index contributed by atoms with van der Waals surface area (Å²) in [4.78, 5) is 15.6. The number of nitrogens with one attached hydrogen (secondary N) is 1. The van der Waals surface area contributed by atoms with E-state index in [2.05, 4.69) is 21.9 Å². The second-order valence-corrected chi connectivity index (χ2v) is 4.48. The number of nitrogens with zero attached hydrogens (tertiary/aromatic N) is 2. The summed E-state index contributed by atoms with van der Waals surface area (Å²) in [5.41, 5.74) is 3.22. The minimum Gasteiger partial charge on any atom is -0.328 e. The fourth-order valence-electron chi connectivity index (χ4n) is 2.03. The molecule has 5 heteroatoms. The minimum absolute atomic E-state index is 0.145. The maximum atomic E-state index is 11.2. The number of carbonyl (C=O) groups excluding carboxylic acids is 1. The molecule has 3 N–H and O–H groups in total. The van der Waals surface area contributed by atoms with E-state index >= 15 is 0 Å². The third kappa shape index (κ3) is 3.20. The molecule has 5 nitrogen and oxygen atoms in total. The number of amides is 1. The van der Waals surface area contributed by atoms with E-state index in [9.17, 15) is 4.79 Å². The molecule has 0 aliphatic carbocycles. The number of rotatable bonds is 5. The van der Waals surface area contributed by atoms with Gasteiger partial charge in [0.15, 0.2) is 0 Å². The molecule has 0 saturated heterocycles. The molecule has 2 aromatic rings. The van der Waals surface area contributed by atoms with Gasteiger partial charge in [-0.25, -0.2) is 10.8 Å². The molecule has 0 saturated carbocycles. The minimum atomic E-state index is -0.145. The topological polar surface area (TPSA) is 72.9 Å². The first kappa shape index (κ1) is 13.3. The van der Waals surface area contributed by atoms with E-state index in [1.165, 1.54) is 0 Å². The Morgan fingerprint density at radius 3 is 2.84 bits per heavy atom. The van der Waals surface area contributed by atoms with E-state index in [0.717, 1.165) is 17.8 Å². The summed E-state index contributed by atoms with van der Waals surface area (Å²) in [7, 11) is 0. The van der Waals surface area contributed by atoms with Gasteiger partial charge in [-0.05, 0) is 13.3 Å². The standard InChI is InChI=1S/C14H18N4O/c1-11(7-8-13(19)17-15)18-10-9-16-14(18)12-5-3-2-4-6-12/h2-6,9-11H,7-8,15H2,1H3,(H,17,19). The third-order valence-corrected chi connectivity index (χ3v) is 3.13. The van der Waals surface area contributed by atoms with E-state index < -0.39 is 0 Å². The van der Waals surface area contributed by atoms with E-state index in [1.54, 1.807) is 6.20 Å². The molecule has 100 valence electrons. The first-order chi connectivity index (χ1) is 9.22. The van der Waals surface area contributed by atoms with Crippen LogP contribution < -0.4 is 11.3 Å². The normalized spacial score (nSPS) is 12.1. The lowest BCUT2D eigenvalue weighted by Gasteiger charge is -2.16. The molecule has 0 aliphatic heterocycles. The van der Waals surface area contributed by atoms with Gasteiger partial charge in [0, 0.05) is 30.4 Å². The van der Waals surface area contributed by atoms with Crippen molar-refractivity contribution in [1.82, 2.24) is 15.0 Å². The predicted molar refractivity (Wildman–Crippen MR) is 73.9 cm³/mol. The Morgan fingerprint density at radius 2 is 2.16 bits per heavy atom. The molecule has 0 radical (unpaired) electrons. The van der Waals surface area contributed by atoms with Crippen molar-refractivity contribution in [3.05, 3.63) is 42.7 Å². The molecular weight excluding hydrogens is 240 g/mol. The monoisotopic (exact) mass is 258 g/mol. The molecule has 1 heterocycles. The van der Waals surface area contributed by atoms with Crippen LogP contribution in [0, 0.1) is 0 Å². The molecule has 1 amide bonds. The number of imidazole rings is 1. The van der Waals surface area contributed by atoms with Gasteiger partial charge in [-0.3, -0.25) is 10.2 Å². The Balaban J connectivity index is 2.13. The van der Waals surface area contributed by atoms with Gasteiger partial charge in [0.2, 0.25) is 5.91 Å². The van der Waals surface area contributed by atoms with Gasteiger partial charge in [0.1, 0.15) is 5.82 Å². The highest BCUT2D eigenvalue weighted by Gasteiger charge is 2.12. The first-order valence-electron chi connectivity index (χ1n) is 6.30. The summed E-state index contributed by atoms with van der Waals surface area (Å²) < 4.78 is 2.08. The van der Waals surface area contributed by atoms with Crippen molar-refractivity contribution in [2.45, 2.75) is 25.8 Å². The highest BCUT2D eigenvalue weighted by molar-refractivity contribution is 5.75. The average Bonchev–Trinajstić information content (AvgIpc) is 2.94. The molecule has 0 aliphatic rings. The fourth-order valence-corrected chi connectivity index (χ4v) is 2.03. The number of hydrazine groups is 1. The summed E-state index contributed by atoms with van der Waals surface area (Å²) in [5.74, 6) is 5.85. The Hall–Kier alpha value is -2.14. The van der Waals surface area contributed by atoms with Gasteiger partial charge in [0.05, 0.1) is 0 Å². The third-order valence-electron chi connectivity index (χ3n) is 3.13. The maximum absolute atomic E-state index is 11.2. The van der Waals surface area contributed by atoms with Crippen LogP contribution >= 0.6 is 0 Å². The van der Waals surface area contributed by atoms with Crippen molar-refractivity contribution in [1.29, 1.82) is 0 Å². The highest BCUT2D eigenvalue weighted by atomic mass is 16.2. The Bertz CT molecular complexity index is 535. The van der Waals surface area contributed by atoms with Gasteiger partial charge in [-0.1, -0.05) is 30.3 Å². The molecule has 0 fully saturated rings. The fraction of sp³-hybridized carbons (Fsp3) is 0.286. The zero-order valence-corrected chi connectivity index (χ0v) is 10.9. The average molecular weight is 258 g/mol. The van der Waals surface area contributed by atoms with E-state index in [4.69, 9.17) is 5.84 Å². The second-order valence-electron chi connectivity index (χ2n) is 4.48. The van der Waals surface area contributed by atoms with Gasteiger partial charge in [-0.2, -0.15) is 0 Å². The SMILES string of the molecule is CC(CCC(=O)NN)n1ccnc1-c1ccccc1. The Labute approximate surface area is 112 Å². The van der Waals surface area contributed by atoms with Crippen LogP contribution in [0.3, 0.4) is 0 Å². The quantitative estimate of drug-likeness (QED) is 0.488. The van der Waals surface area contributed by atoms with Gasteiger partial charge < -0.3 is 4.57 Å². The van der Waals surface area contributed by atoms with Crippen molar-refractivity contribution in [2.75, 3.05) is 0 Å². The highest BCUT2D eigenvalue weighted by Crippen LogP contribution is 2.23. The first-order valence-corrected chi connectivity index (χ1v) is 6.30. The van der Waals surface area contributed by atoms with Crippen LogP contribution in [0.1, 0.15) is 25.8 Å². The zero-order chi connectivity index (χ0) is 13.7. The number of benzene rings is 1. The summed E-state index contributed by atoms with van der Waals surface area (Å²) >= 11 is 0. The van der Waals surface area contributed by atoms with E-state index in [0.29, 0.717) is 6.42 Å². The van der Waals surface area contributed by atoms with Gasteiger partial charge >= 0.3 is 0 Å². The van der Waals surface area contributed by atoms with Gasteiger partial charge in [0.25, 0.3) is 0 Å². The summed E-state index contributed by atoms with van der Waals surface area (Å²) in [5, 5.41) is 0. The van der Waals surface area contributed by atoms with Crippen molar-refractivity contribution < 1.29 is 4.79 Å². The van der Waals surface area contributed by atoms with Crippen molar-refractivity contribution >= 4 is 5.91 Å². The summed E-state index contributed by atoms with van der Waals surface area (Å²) in [6.07, 6.45) is 4.85. The number of carbonyl (C=O) groups is 1. The summed E-state index contributed by atoms with van der Waals surface area (Å²) in [6, 6.07) is 10.2. The molecule has 2 rings (SSSR count). The van der Waals surface area contributed by atoms with Crippen LogP contribution in [0.25, 0.3) is 11.4 Å². The van der Waals surface area contributed by atoms with Crippen LogP contribution in [0.5, 0.6) is 0 Å². The number of aromatic nitrogens is 2. The van der Waals surface area contributed by atoms with E-state index in [-0.39, 0.29) is 11.9 Å². The molecular formula is C14H18N4O. The Kier molecular flexibility index (Phi) is 4.30. The maximum Gasteiger partial charge on any atom is 0.233 e. The number of nitrogens with two attached hydrogens (primary N) is 1. The molecule has 1 aromatic heterocycles. The smallest absolute Gasteiger partial charge is 0.233 e. The lowest BCUT2D eigenvalue weighted by atomic mass is 10.1. The molecule has 1 unspecified atom stereocenters. The van der Waals surface area contributed by atoms with Crippen molar-refractivity contribution in [2.24, 2.45) is 5.84 Å². The molecule has 19 heavy (non-hydrogen) atoms. The second kappa shape index (κ2) is 6.15. The van der Waals surface area contributed by atoms with Crippen LogP contribution in [0.4, 0.5) is 0 Å². The largest absolute Gasteiger partial charge is 0.328 e. The molecule has 1 aromatic carbocycles.